The number of aldehydes is 1. The highest BCUT2D eigenvalue weighted by atomic mass is 16.5. The Morgan fingerprint density at radius 3 is 2.59 bits per heavy atom. The van der Waals surface area contributed by atoms with Gasteiger partial charge >= 0.3 is 0 Å². The number of hydrogen-bond donors (Lipinski definition) is 2. The predicted octanol–water partition coefficient (Wildman–Crippen LogP) is 3.68. The van der Waals surface area contributed by atoms with Crippen LogP contribution in [-0.2, 0) is 9.53 Å². The molecule has 2 aliphatic rings. The van der Waals surface area contributed by atoms with Crippen LogP contribution in [-0.4, -0.2) is 40.3 Å². The molecular formula is C23H25N3O3. The number of anilines is 1. The average molecular weight is 391 g/mol. The van der Waals surface area contributed by atoms with Crippen LogP contribution in [0, 0.1) is 0 Å². The van der Waals surface area contributed by atoms with Gasteiger partial charge < -0.3 is 19.7 Å². The van der Waals surface area contributed by atoms with Gasteiger partial charge in [-0.15, -0.1) is 0 Å². The summed E-state index contributed by atoms with van der Waals surface area (Å²) >= 11 is 0. The van der Waals surface area contributed by atoms with Gasteiger partial charge in [-0.05, 0) is 60.9 Å². The van der Waals surface area contributed by atoms with Gasteiger partial charge in [0.15, 0.2) is 12.5 Å². The summed E-state index contributed by atoms with van der Waals surface area (Å²) in [4.78, 5) is 21.1. The van der Waals surface area contributed by atoms with Crippen LogP contribution >= 0.6 is 0 Å². The van der Waals surface area contributed by atoms with E-state index in [2.05, 4.69) is 34.2 Å². The second kappa shape index (κ2) is 7.61. The second-order valence-corrected chi connectivity index (χ2v) is 8.06. The van der Waals surface area contributed by atoms with Crippen LogP contribution in [0.4, 0.5) is 5.69 Å². The maximum Gasteiger partial charge on any atom is 0.187 e. The van der Waals surface area contributed by atoms with Gasteiger partial charge in [0.25, 0.3) is 0 Å². The van der Waals surface area contributed by atoms with Crippen molar-refractivity contribution in [1.29, 1.82) is 0 Å². The van der Waals surface area contributed by atoms with Crippen LogP contribution in [0.25, 0.3) is 11.0 Å². The number of fused-ring (bicyclic) bond motifs is 1. The smallest absolute Gasteiger partial charge is 0.187 e. The number of benzene rings is 2. The molecule has 1 aromatic heterocycles. The van der Waals surface area contributed by atoms with Gasteiger partial charge in [-0.1, -0.05) is 24.3 Å². The molecule has 1 saturated heterocycles. The van der Waals surface area contributed by atoms with Gasteiger partial charge in [-0.3, -0.25) is 4.79 Å². The van der Waals surface area contributed by atoms with Crippen LogP contribution in [0.2, 0.25) is 0 Å². The summed E-state index contributed by atoms with van der Waals surface area (Å²) in [7, 11) is 0. The number of ether oxygens (including phenoxy) is 1. The van der Waals surface area contributed by atoms with Gasteiger partial charge in [0.2, 0.25) is 0 Å². The van der Waals surface area contributed by atoms with Crippen LogP contribution < -0.4 is 4.90 Å². The summed E-state index contributed by atoms with van der Waals surface area (Å²) in [6.45, 7) is 0.472. The summed E-state index contributed by atoms with van der Waals surface area (Å²) in [5.41, 5.74) is 5.24. The minimum atomic E-state index is -0.597. The van der Waals surface area contributed by atoms with Crippen molar-refractivity contribution in [3.8, 4) is 0 Å². The Morgan fingerprint density at radius 2 is 1.83 bits per heavy atom. The number of carbonyl (C=O) groups is 1. The fourth-order valence-corrected chi connectivity index (χ4v) is 4.70. The Labute approximate surface area is 169 Å². The number of imidazole rings is 1. The lowest BCUT2D eigenvalue weighted by molar-refractivity contribution is -0.115. The number of aromatic nitrogens is 2. The number of aliphatic hydroxyl groups excluding tert-OH is 1. The Morgan fingerprint density at radius 1 is 1.07 bits per heavy atom. The largest absolute Gasteiger partial charge is 0.393 e. The van der Waals surface area contributed by atoms with Crippen molar-refractivity contribution in [1.82, 2.24) is 9.97 Å². The molecule has 2 unspecified atom stereocenters. The second-order valence-electron chi connectivity index (χ2n) is 8.06. The Kier molecular flexibility index (Phi) is 4.81. The van der Waals surface area contributed by atoms with Crippen LogP contribution in [0.1, 0.15) is 48.8 Å². The highest BCUT2D eigenvalue weighted by molar-refractivity contribution is 5.80. The van der Waals surface area contributed by atoms with E-state index >= 15 is 0 Å². The molecule has 1 aliphatic carbocycles. The molecule has 0 radical (unpaired) electrons. The minimum Gasteiger partial charge on any atom is -0.393 e. The molecule has 2 aromatic carbocycles. The van der Waals surface area contributed by atoms with E-state index in [0.29, 0.717) is 12.5 Å². The molecule has 2 N–H and O–H groups in total. The van der Waals surface area contributed by atoms with E-state index in [1.807, 2.05) is 23.1 Å². The highest BCUT2D eigenvalue weighted by Gasteiger charge is 2.35. The van der Waals surface area contributed by atoms with Crippen molar-refractivity contribution in [2.45, 2.75) is 50.0 Å². The van der Waals surface area contributed by atoms with E-state index in [-0.39, 0.29) is 12.1 Å². The van der Waals surface area contributed by atoms with E-state index in [4.69, 9.17) is 4.74 Å². The standard InChI is InChI=1S/C23H25N3O3/c27-12-23-26(18-7-10-20-21(11-18)25-14-24-20)22(13-29-23)17-3-1-15(2-4-17)16-5-8-19(28)9-6-16/h1-4,7,10-12,14,16,19,22-23,28H,5-6,8-9,13H2,(H,24,25). The lowest BCUT2D eigenvalue weighted by Gasteiger charge is -2.29. The molecule has 29 heavy (non-hydrogen) atoms. The summed E-state index contributed by atoms with van der Waals surface area (Å²) in [6, 6.07) is 14.6. The topological polar surface area (TPSA) is 78.5 Å². The molecule has 150 valence electrons. The molecule has 2 atom stereocenters. The lowest BCUT2D eigenvalue weighted by atomic mass is 9.82. The molecule has 6 heteroatoms. The molecule has 5 rings (SSSR count). The minimum absolute atomic E-state index is 0.0206. The number of H-pyrrole nitrogens is 1. The van der Waals surface area contributed by atoms with Crippen molar-refractivity contribution in [3.63, 3.8) is 0 Å². The monoisotopic (exact) mass is 391 g/mol. The summed E-state index contributed by atoms with van der Waals surface area (Å²) in [6.07, 6.45) is 5.64. The van der Waals surface area contributed by atoms with E-state index < -0.39 is 6.23 Å². The first-order valence-corrected chi connectivity index (χ1v) is 10.3. The van der Waals surface area contributed by atoms with E-state index in [1.165, 1.54) is 5.56 Å². The quantitative estimate of drug-likeness (QED) is 0.663. The lowest BCUT2D eigenvalue weighted by Crippen LogP contribution is -2.33. The van der Waals surface area contributed by atoms with Gasteiger partial charge in [-0.2, -0.15) is 0 Å². The molecule has 2 fully saturated rings. The van der Waals surface area contributed by atoms with Gasteiger partial charge in [-0.25, -0.2) is 4.98 Å². The molecule has 1 saturated carbocycles. The number of rotatable bonds is 4. The summed E-state index contributed by atoms with van der Waals surface area (Å²) in [5.74, 6) is 0.522. The fourth-order valence-electron chi connectivity index (χ4n) is 4.70. The Hall–Kier alpha value is -2.70. The number of hydrogen-bond acceptors (Lipinski definition) is 5. The first-order valence-electron chi connectivity index (χ1n) is 10.3. The zero-order chi connectivity index (χ0) is 19.8. The third-order valence-electron chi connectivity index (χ3n) is 6.34. The molecular weight excluding hydrogens is 366 g/mol. The van der Waals surface area contributed by atoms with Crippen LogP contribution in [0.5, 0.6) is 0 Å². The third-order valence-corrected chi connectivity index (χ3v) is 6.34. The van der Waals surface area contributed by atoms with Crippen molar-refractivity contribution >= 4 is 23.0 Å². The maximum absolute atomic E-state index is 11.7. The van der Waals surface area contributed by atoms with Crippen molar-refractivity contribution < 1.29 is 14.6 Å². The molecule has 0 bridgehead atoms. The number of aliphatic hydroxyl groups is 1. The van der Waals surface area contributed by atoms with Crippen molar-refractivity contribution in [2.75, 3.05) is 11.5 Å². The number of aromatic amines is 1. The van der Waals surface area contributed by atoms with Gasteiger partial charge in [0.05, 0.1) is 36.1 Å². The van der Waals surface area contributed by atoms with Crippen LogP contribution in [0.3, 0.4) is 0 Å². The third kappa shape index (κ3) is 3.43. The zero-order valence-electron chi connectivity index (χ0n) is 16.2. The van der Waals surface area contributed by atoms with Gasteiger partial charge in [0.1, 0.15) is 0 Å². The van der Waals surface area contributed by atoms with Crippen LogP contribution in [0.15, 0.2) is 48.8 Å². The number of carbonyl (C=O) groups excluding carboxylic acids is 1. The van der Waals surface area contributed by atoms with E-state index in [1.54, 1.807) is 6.33 Å². The molecule has 0 spiro atoms. The summed E-state index contributed by atoms with van der Waals surface area (Å²) in [5, 5.41) is 9.75. The first-order chi connectivity index (χ1) is 14.2. The first kappa shape index (κ1) is 18.3. The SMILES string of the molecule is O=CC1OCC(c2ccc(C3CCC(O)CC3)cc2)N1c1ccc2nc[nH]c2c1. The fraction of sp³-hybridized carbons (Fsp3) is 0.391. The molecule has 1 aliphatic heterocycles. The molecule has 6 nitrogen and oxygen atoms in total. The number of nitrogens with zero attached hydrogens (tertiary/aromatic N) is 2. The molecule has 0 amide bonds. The number of nitrogens with one attached hydrogen (secondary N) is 1. The Balaban J connectivity index is 1.42. The maximum atomic E-state index is 11.7. The normalized spacial score (nSPS) is 27.4. The highest BCUT2D eigenvalue weighted by Crippen LogP contribution is 2.37. The Bertz CT molecular complexity index is 992. The van der Waals surface area contributed by atoms with Crippen molar-refractivity contribution in [2.24, 2.45) is 0 Å². The molecule has 3 aromatic rings. The summed E-state index contributed by atoms with van der Waals surface area (Å²) < 4.78 is 5.79. The van der Waals surface area contributed by atoms with E-state index in [0.717, 1.165) is 54.3 Å². The van der Waals surface area contributed by atoms with E-state index in [9.17, 15) is 9.90 Å². The predicted molar refractivity (Wildman–Crippen MR) is 111 cm³/mol. The van der Waals surface area contributed by atoms with Crippen molar-refractivity contribution in [3.05, 3.63) is 59.9 Å². The van der Waals surface area contributed by atoms with Gasteiger partial charge in [0, 0.05) is 5.69 Å². The zero-order valence-corrected chi connectivity index (χ0v) is 16.2. The average Bonchev–Trinajstić information content (AvgIpc) is 3.40. The molecule has 2 heterocycles.